The summed E-state index contributed by atoms with van der Waals surface area (Å²) in [5.41, 5.74) is 6.52. The second-order valence-corrected chi connectivity index (χ2v) is 6.92. The van der Waals surface area contributed by atoms with Crippen LogP contribution in [0.15, 0.2) is 22.6 Å². The second kappa shape index (κ2) is 6.19. The third kappa shape index (κ3) is 3.09. The molecule has 2 aliphatic rings. The van der Waals surface area contributed by atoms with Crippen molar-refractivity contribution >= 4 is 27.8 Å². The minimum absolute atomic E-state index is 0.0424. The van der Waals surface area contributed by atoms with Crippen molar-refractivity contribution in [2.75, 3.05) is 24.9 Å². The summed E-state index contributed by atoms with van der Waals surface area (Å²) in [6.45, 7) is 0.980. The van der Waals surface area contributed by atoms with Crippen molar-refractivity contribution in [1.29, 1.82) is 0 Å². The second-order valence-electron chi connectivity index (χ2n) is 5.59. The van der Waals surface area contributed by atoms with Crippen LogP contribution in [0.25, 0.3) is 0 Å². The number of benzene rings is 1. The molecule has 1 atom stereocenters. The normalized spacial score (nSPS) is 21.5. The van der Waals surface area contributed by atoms with E-state index in [1.54, 1.807) is 30.1 Å². The van der Waals surface area contributed by atoms with Crippen LogP contribution in [-0.4, -0.2) is 51.4 Å². The molecule has 10 heteroatoms. The highest BCUT2D eigenvalue weighted by molar-refractivity contribution is 7.91. The Bertz CT molecular complexity index is 792. The van der Waals surface area contributed by atoms with E-state index in [0.29, 0.717) is 30.2 Å². The number of rotatable bonds is 3. The van der Waals surface area contributed by atoms with Gasteiger partial charge in [-0.1, -0.05) is 6.07 Å². The number of anilines is 1. The molecule has 0 spiro atoms. The summed E-state index contributed by atoms with van der Waals surface area (Å²) in [5, 5.41) is 2.62. The highest BCUT2D eigenvalue weighted by Gasteiger charge is 2.30. The summed E-state index contributed by atoms with van der Waals surface area (Å²) in [4.78, 5) is 13.6. The molecule has 1 aromatic rings. The Morgan fingerprint density at radius 2 is 2.33 bits per heavy atom. The molecule has 4 N–H and O–H groups in total. The monoisotopic (exact) mass is 353 g/mol. The van der Waals surface area contributed by atoms with Crippen LogP contribution in [-0.2, 0) is 10.2 Å². The van der Waals surface area contributed by atoms with E-state index in [4.69, 9.17) is 10.5 Å². The van der Waals surface area contributed by atoms with E-state index in [2.05, 4.69) is 14.4 Å². The molecule has 1 saturated heterocycles. The maximum absolute atomic E-state index is 11.8. The molecule has 0 bridgehead atoms. The lowest BCUT2D eigenvalue weighted by molar-refractivity contribution is 0.167. The first-order valence-corrected chi connectivity index (χ1v) is 8.98. The largest absolute Gasteiger partial charge is 0.491 e. The van der Waals surface area contributed by atoms with Gasteiger partial charge in [0.25, 0.3) is 0 Å². The zero-order valence-electron chi connectivity index (χ0n) is 13.2. The molecule has 2 amide bonds. The Balaban J connectivity index is 1.79. The number of amides is 2. The first kappa shape index (κ1) is 16.4. The van der Waals surface area contributed by atoms with E-state index in [0.717, 1.165) is 12.8 Å². The number of carbonyl (C=O) groups is 1. The zero-order valence-corrected chi connectivity index (χ0v) is 14.0. The molecular weight excluding hydrogens is 334 g/mol. The fourth-order valence-corrected chi connectivity index (χ4v) is 3.79. The number of hydrogen-bond donors (Lipinski definition) is 3. The number of hydrogen-bond acceptors (Lipinski definition) is 5. The highest BCUT2D eigenvalue weighted by Crippen LogP contribution is 2.31. The number of nitrogens with two attached hydrogens (primary N) is 1. The molecule has 2 aliphatic heterocycles. The number of likely N-dealkylation sites (tertiary alicyclic amines) is 1. The fourth-order valence-electron chi connectivity index (χ4n) is 2.94. The van der Waals surface area contributed by atoms with Crippen LogP contribution in [0.5, 0.6) is 5.75 Å². The number of nitrogens with zero attached hydrogens (tertiary/aromatic N) is 2. The van der Waals surface area contributed by atoms with Gasteiger partial charge in [0.15, 0.2) is 5.84 Å². The number of carbonyl (C=O) groups excluding carboxylic acids is 1. The first-order chi connectivity index (χ1) is 11.4. The standard InChI is InChI=1S/C14H19N5O4S/c1-16-14(20)19-7-3-4-9(19)8-23-11-6-2-5-10-12(11)13(15)18-24(21,22)17-10/h2,5-6,9,17H,3-4,7-8H2,1H3,(H2,15,18)(H,16,20)/t9-/m0/s1. The van der Waals surface area contributed by atoms with Crippen LogP contribution in [0.1, 0.15) is 18.4 Å². The summed E-state index contributed by atoms with van der Waals surface area (Å²) in [5.74, 6) is 0.314. The summed E-state index contributed by atoms with van der Waals surface area (Å²) in [6, 6.07) is 4.78. The molecule has 2 heterocycles. The van der Waals surface area contributed by atoms with Crippen LogP contribution in [0.2, 0.25) is 0 Å². The summed E-state index contributed by atoms with van der Waals surface area (Å²) >= 11 is 0. The molecule has 0 saturated carbocycles. The number of fused-ring (bicyclic) bond motifs is 1. The molecule has 0 radical (unpaired) electrons. The van der Waals surface area contributed by atoms with Gasteiger partial charge < -0.3 is 20.7 Å². The lowest BCUT2D eigenvalue weighted by Crippen LogP contribution is -2.43. The van der Waals surface area contributed by atoms with Crippen molar-refractivity contribution in [2.45, 2.75) is 18.9 Å². The van der Waals surface area contributed by atoms with Gasteiger partial charge in [0.2, 0.25) is 0 Å². The predicted molar refractivity (Wildman–Crippen MR) is 89.4 cm³/mol. The van der Waals surface area contributed by atoms with Gasteiger partial charge in [0, 0.05) is 13.6 Å². The van der Waals surface area contributed by atoms with Crippen LogP contribution in [0, 0.1) is 0 Å². The van der Waals surface area contributed by atoms with Crippen LogP contribution in [0.3, 0.4) is 0 Å². The Morgan fingerprint density at radius 3 is 3.08 bits per heavy atom. The molecule has 0 aromatic heterocycles. The smallest absolute Gasteiger partial charge is 0.344 e. The van der Waals surface area contributed by atoms with Crippen LogP contribution >= 0.6 is 0 Å². The van der Waals surface area contributed by atoms with Crippen molar-refractivity contribution in [3.05, 3.63) is 23.8 Å². The van der Waals surface area contributed by atoms with Crippen molar-refractivity contribution < 1.29 is 17.9 Å². The van der Waals surface area contributed by atoms with Crippen molar-refractivity contribution in [2.24, 2.45) is 10.1 Å². The van der Waals surface area contributed by atoms with E-state index in [-0.39, 0.29) is 17.9 Å². The summed E-state index contributed by atoms with van der Waals surface area (Å²) < 4.78 is 34.8. The van der Waals surface area contributed by atoms with Gasteiger partial charge in [-0.15, -0.1) is 4.40 Å². The van der Waals surface area contributed by atoms with Gasteiger partial charge in [0.1, 0.15) is 12.4 Å². The Kier molecular flexibility index (Phi) is 4.22. The Hall–Kier alpha value is -2.49. The first-order valence-electron chi connectivity index (χ1n) is 7.54. The maximum Gasteiger partial charge on any atom is 0.344 e. The third-order valence-corrected chi connectivity index (χ3v) is 4.94. The van der Waals surface area contributed by atoms with Gasteiger partial charge >= 0.3 is 16.2 Å². The van der Waals surface area contributed by atoms with E-state index in [9.17, 15) is 13.2 Å². The van der Waals surface area contributed by atoms with Crippen LogP contribution < -0.4 is 20.5 Å². The molecule has 9 nitrogen and oxygen atoms in total. The topological polar surface area (TPSA) is 126 Å². The summed E-state index contributed by atoms with van der Waals surface area (Å²) in [6.07, 6.45) is 1.76. The Morgan fingerprint density at radius 1 is 1.54 bits per heavy atom. The zero-order chi connectivity index (χ0) is 17.3. The highest BCUT2D eigenvalue weighted by atomic mass is 32.2. The summed E-state index contributed by atoms with van der Waals surface area (Å²) in [7, 11) is -2.23. The van der Waals surface area contributed by atoms with E-state index < -0.39 is 10.2 Å². The van der Waals surface area contributed by atoms with Crippen molar-refractivity contribution in [3.63, 3.8) is 0 Å². The minimum atomic E-state index is -3.82. The predicted octanol–water partition coefficient (Wildman–Crippen LogP) is 0.245. The lowest BCUT2D eigenvalue weighted by atomic mass is 10.1. The molecular formula is C14H19N5O4S. The van der Waals surface area contributed by atoms with Crippen molar-refractivity contribution in [3.8, 4) is 5.75 Å². The average Bonchev–Trinajstić information content (AvgIpc) is 2.99. The number of nitrogens with one attached hydrogen (secondary N) is 2. The molecule has 0 unspecified atom stereocenters. The Labute approximate surface area is 140 Å². The molecule has 24 heavy (non-hydrogen) atoms. The van der Waals surface area contributed by atoms with Gasteiger partial charge in [-0.05, 0) is 25.0 Å². The third-order valence-electron chi connectivity index (χ3n) is 4.02. The molecule has 1 fully saturated rings. The van der Waals surface area contributed by atoms with Gasteiger partial charge in [-0.3, -0.25) is 4.72 Å². The van der Waals surface area contributed by atoms with Gasteiger partial charge in [0.05, 0.1) is 17.3 Å². The van der Waals surface area contributed by atoms with E-state index in [1.165, 1.54) is 0 Å². The number of ether oxygens (including phenoxy) is 1. The minimum Gasteiger partial charge on any atom is -0.491 e. The number of urea groups is 1. The van der Waals surface area contributed by atoms with Gasteiger partial charge in [-0.25, -0.2) is 4.79 Å². The van der Waals surface area contributed by atoms with Gasteiger partial charge in [-0.2, -0.15) is 8.42 Å². The molecule has 130 valence electrons. The number of amidine groups is 1. The average molecular weight is 353 g/mol. The molecule has 3 rings (SSSR count). The molecule has 1 aromatic carbocycles. The lowest BCUT2D eigenvalue weighted by Gasteiger charge is -2.25. The quantitative estimate of drug-likeness (QED) is 0.718. The molecule has 0 aliphatic carbocycles. The fraction of sp³-hybridized carbons (Fsp3) is 0.429. The van der Waals surface area contributed by atoms with Crippen LogP contribution in [0.4, 0.5) is 10.5 Å². The maximum atomic E-state index is 11.8. The van der Waals surface area contributed by atoms with E-state index >= 15 is 0 Å². The van der Waals surface area contributed by atoms with Crippen molar-refractivity contribution in [1.82, 2.24) is 10.2 Å². The van der Waals surface area contributed by atoms with E-state index in [1.807, 2.05) is 0 Å². The SMILES string of the molecule is CNC(=O)N1CCC[C@H]1COc1cccc2c1C(N)=NS(=O)(=O)N2.